The number of amides is 1. The topological polar surface area (TPSA) is 68.3 Å². The number of aryl methyl sites for hydroxylation is 1. The van der Waals surface area contributed by atoms with E-state index in [1.807, 2.05) is 62.4 Å². The number of benzene rings is 2. The van der Waals surface area contributed by atoms with Crippen molar-refractivity contribution in [1.82, 2.24) is 4.98 Å². The van der Waals surface area contributed by atoms with Gasteiger partial charge >= 0.3 is 5.97 Å². The molecule has 0 fully saturated rings. The van der Waals surface area contributed by atoms with Gasteiger partial charge in [0.15, 0.2) is 0 Å². The van der Waals surface area contributed by atoms with Crippen molar-refractivity contribution < 1.29 is 14.3 Å². The molecule has 1 aliphatic carbocycles. The molecule has 0 saturated heterocycles. The molecule has 0 spiro atoms. The first kappa shape index (κ1) is 24.2. The van der Waals surface area contributed by atoms with Crippen molar-refractivity contribution in [2.24, 2.45) is 5.92 Å². The number of nitrogens with zero attached hydrogens (tertiary/aromatic N) is 1. The summed E-state index contributed by atoms with van der Waals surface area (Å²) in [7, 11) is 0. The number of aromatic nitrogens is 1. The van der Waals surface area contributed by atoms with Crippen molar-refractivity contribution in [3.63, 3.8) is 0 Å². The number of ether oxygens (including phenoxy) is 1. The van der Waals surface area contributed by atoms with Crippen LogP contribution in [0.4, 0.5) is 5.00 Å². The van der Waals surface area contributed by atoms with Crippen molar-refractivity contribution in [1.29, 1.82) is 0 Å². The van der Waals surface area contributed by atoms with Crippen molar-refractivity contribution >= 4 is 39.1 Å². The molecule has 0 bridgehead atoms. The highest BCUT2D eigenvalue weighted by Crippen LogP contribution is 2.40. The van der Waals surface area contributed by atoms with Crippen LogP contribution in [-0.4, -0.2) is 23.5 Å². The second-order valence-electron chi connectivity index (χ2n) is 9.59. The van der Waals surface area contributed by atoms with Gasteiger partial charge in [-0.3, -0.25) is 4.79 Å². The van der Waals surface area contributed by atoms with Gasteiger partial charge in [0.25, 0.3) is 5.91 Å². The van der Waals surface area contributed by atoms with E-state index >= 15 is 0 Å². The minimum atomic E-state index is -0.348. The Bertz CT molecular complexity index is 1460. The van der Waals surface area contributed by atoms with E-state index in [-0.39, 0.29) is 11.9 Å². The Hall–Kier alpha value is -3.51. The fourth-order valence-corrected chi connectivity index (χ4v) is 6.20. The summed E-state index contributed by atoms with van der Waals surface area (Å²) >= 11 is 1.51. The maximum absolute atomic E-state index is 13.8. The number of rotatable bonds is 6. The number of carbonyl (C=O) groups excluding carboxylic acids is 2. The molecular formula is C30H30N2O3S. The van der Waals surface area contributed by atoms with Crippen LogP contribution in [0.2, 0.25) is 0 Å². The van der Waals surface area contributed by atoms with Gasteiger partial charge in [-0.2, -0.15) is 0 Å². The average Bonchev–Trinajstić information content (AvgIpc) is 3.23. The Morgan fingerprint density at radius 2 is 1.97 bits per heavy atom. The molecule has 1 amide bonds. The summed E-state index contributed by atoms with van der Waals surface area (Å²) < 4.78 is 5.52. The van der Waals surface area contributed by atoms with Gasteiger partial charge in [0, 0.05) is 15.8 Å². The molecule has 1 aliphatic rings. The first-order valence-electron chi connectivity index (χ1n) is 12.5. The lowest BCUT2D eigenvalue weighted by atomic mass is 9.88. The summed E-state index contributed by atoms with van der Waals surface area (Å²) in [6.45, 7) is 6.60. The summed E-state index contributed by atoms with van der Waals surface area (Å²) in [4.78, 5) is 32.8. The number of nitrogens with one attached hydrogen (secondary N) is 1. The number of fused-ring (bicyclic) bond motifs is 2. The molecule has 0 aliphatic heterocycles. The molecule has 2 aromatic carbocycles. The van der Waals surface area contributed by atoms with Gasteiger partial charge in [-0.25, -0.2) is 9.78 Å². The minimum absolute atomic E-state index is 0.251. The number of thiophene rings is 1. The third-order valence-corrected chi connectivity index (χ3v) is 7.82. The summed E-state index contributed by atoms with van der Waals surface area (Å²) in [6.07, 6.45) is 3.52. The van der Waals surface area contributed by atoms with Crippen molar-refractivity contribution in [2.75, 3.05) is 11.9 Å². The summed E-state index contributed by atoms with van der Waals surface area (Å²) in [6, 6.07) is 17.6. The number of carbonyl (C=O) groups is 2. The average molecular weight is 499 g/mol. The maximum atomic E-state index is 13.8. The van der Waals surface area contributed by atoms with Gasteiger partial charge in [0.05, 0.1) is 28.9 Å². The molecule has 0 saturated carbocycles. The lowest BCUT2D eigenvalue weighted by molar-refractivity contribution is 0.0505. The van der Waals surface area contributed by atoms with E-state index in [0.717, 1.165) is 59.0 Å². The van der Waals surface area contributed by atoms with Crippen LogP contribution in [0.25, 0.3) is 22.2 Å². The molecule has 184 valence electrons. The molecule has 2 aromatic heterocycles. The van der Waals surface area contributed by atoms with E-state index in [9.17, 15) is 9.59 Å². The number of hydrogen-bond acceptors (Lipinski definition) is 5. The minimum Gasteiger partial charge on any atom is -0.462 e. The van der Waals surface area contributed by atoms with Gasteiger partial charge in [0.1, 0.15) is 5.00 Å². The summed E-state index contributed by atoms with van der Waals surface area (Å²) in [5.74, 6) is -0.0434. The Kier molecular flexibility index (Phi) is 6.88. The summed E-state index contributed by atoms with van der Waals surface area (Å²) in [5.41, 5.74) is 5.68. The monoisotopic (exact) mass is 498 g/mol. The summed E-state index contributed by atoms with van der Waals surface area (Å²) in [5, 5.41) is 4.45. The van der Waals surface area contributed by atoms with E-state index in [1.54, 1.807) is 0 Å². The standard InChI is InChI=1S/C30H30N2O3S/c1-4-14-35-30(34)27-22-13-12-19(3)16-26(22)36-29(27)32-28(33)23-17-25(20-9-7-8-18(2)15-20)31-24-11-6-5-10-21(23)24/h5-11,15,17,19H,4,12-14,16H2,1-3H3,(H,32,33). The van der Waals surface area contributed by atoms with Crippen LogP contribution in [0.3, 0.4) is 0 Å². The van der Waals surface area contributed by atoms with Crippen LogP contribution in [0.15, 0.2) is 54.6 Å². The molecule has 5 rings (SSSR count). The molecule has 5 nitrogen and oxygen atoms in total. The number of pyridine rings is 1. The number of esters is 1. The van der Waals surface area contributed by atoms with Gasteiger partial charge in [-0.15, -0.1) is 11.3 Å². The van der Waals surface area contributed by atoms with Gasteiger partial charge < -0.3 is 10.1 Å². The number of para-hydroxylation sites is 1. The molecule has 4 aromatic rings. The number of anilines is 1. The fourth-order valence-electron chi connectivity index (χ4n) is 4.81. The zero-order valence-corrected chi connectivity index (χ0v) is 21.7. The Morgan fingerprint density at radius 3 is 2.78 bits per heavy atom. The van der Waals surface area contributed by atoms with Crippen LogP contribution in [0.1, 0.15) is 63.4 Å². The normalized spacial score (nSPS) is 14.9. The zero-order valence-electron chi connectivity index (χ0n) is 20.9. The lowest BCUT2D eigenvalue weighted by Crippen LogP contribution is -2.17. The molecular weight excluding hydrogens is 468 g/mol. The molecule has 36 heavy (non-hydrogen) atoms. The molecule has 2 heterocycles. The van der Waals surface area contributed by atoms with Gasteiger partial charge in [-0.1, -0.05) is 55.8 Å². The maximum Gasteiger partial charge on any atom is 0.341 e. The first-order chi connectivity index (χ1) is 17.4. The van der Waals surface area contributed by atoms with Crippen molar-refractivity contribution in [3.8, 4) is 11.3 Å². The Balaban J connectivity index is 1.57. The Labute approximate surface area is 215 Å². The molecule has 6 heteroatoms. The third kappa shape index (κ3) is 4.78. The largest absolute Gasteiger partial charge is 0.462 e. The fraction of sp³-hybridized carbons (Fsp3) is 0.300. The number of hydrogen-bond donors (Lipinski definition) is 1. The first-order valence-corrected chi connectivity index (χ1v) is 13.4. The van der Waals surface area contributed by atoms with Crippen LogP contribution in [0.5, 0.6) is 0 Å². The second kappa shape index (κ2) is 10.2. The van der Waals surface area contributed by atoms with Gasteiger partial charge in [0.2, 0.25) is 0 Å². The third-order valence-electron chi connectivity index (χ3n) is 6.65. The van der Waals surface area contributed by atoms with E-state index in [4.69, 9.17) is 9.72 Å². The zero-order chi connectivity index (χ0) is 25.2. The van der Waals surface area contributed by atoms with Crippen molar-refractivity contribution in [2.45, 2.75) is 46.5 Å². The SMILES string of the molecule is CCCOC(=O)c1c(NC(=O)c2cc(-c3cccc(C)c3)nc3ccccc23)sc2c1CCC(C)C2. The predicted octanol–water partition coefficient (Wildman–Crippen LogP) is 7.22. The van der Waals surface area contributed by atoms with E-state index in [1.165, 1.54) is 16.2 Å². The lowest BCUT2D eigenvalue weighted by Gasteiger charge is -2.18. The Morgan fingerprint density at radius 1 is 1.14 bits per heavy atom. The second-order valence-corrected chi connectivity index (χ2v) is 10.7. The molecule has 0 radical (unpaired) electrons. The van der Waals surface area contributed by atoms with Gasteiger partial charge in [-0.05, 0) is 62.3 Å². The van der Waals surface area contributed by atoms with E-state index in [0.29, 0.717) is 28.7 Å². The van der Waals surface area contributed by atoms with Crippen LogP contribution in [-0.2, 0) is 17.6 Å². The van der Waals surface area contributed by atoms with Crippen LogP contribution in [0, 0.1) is 12.8 Å². The van der Waals surface area contributed by atoms with E-state index in [2.05, 4.69) is 18.3 Å². The molecule has 1 N–H and O–H groups in total. The molecule has 1 unspecified atom stereocenters. The predicted molar refractivity (Wildman–Crippen MR) is 146 cm³/mol. The van der Waals surface area contributed by atoms with Crippen LogP contribution >= 0.6 is 11.3 Å². The highest BCUT2D eigenvalue weighted by Gasteiger charge is 2.29. The quantitative estimate of drug-likeness (QED) is 0.285. The van der Waals surface area contributed by atoms with E-state index < -0.39 is 0 Å². The highest BCUT2D eigenvalue weighted by atomic mass is 32.1. The highest BCUT2D eigenvalue weighted by molar-refractivity contribution is 7.17. The smallest absolute Gasteiger partial charge is 0.341 e. The van der Waals surface area contributed by atoms with Crippen LogP contribution < -0.4 is 5.32 Å². The van der Waals surface area contributed by atoms with Crippen molar-refractivity contribution in [3.05, 3.63) is 81.7 Å². The molecule has 1 atom stereocenters.